The average Bonchev–Trinajstić information content (AvgIpc) is 3.44. The van der Waals surface area contributed by atoms with Crippen molar-refractivity contribution in [3.05, 3.63) is 141 Å². The molecule has 3 atom stereocenters. The summed E-state index contributed by atoms with van der Waals surface area (Å²) in [6.45, 7) is 4.64. The zero-order valence-electron chi connectivity index (χ0n) is 27.0. The normalized spacial score (nSPS) is 19.0. The molecule has 0 radical (unpaired) electrons. The monoisotopic (exact) mass is 657 g/mol. The van der Waals surface area contributed by atoms with Gasteiger partial charge in [0.2, 0.25) is 0 Å². The van der Waals surface area contributed by atoms with Gasteiger partial charge >= 0.3 is 11.8 Å². The van der Waals surface area contributed by atoms with Gasteiger partial charge in [0, 0.05) is 18.2 Å². The molecule has 0 bridgehead atoms. The Morgan fingerprint density at radius 1 is 1.02 bits per heavy atom. The number of methoxy groups -OCH3 is 2. The van der Waals surface area contributed by atoms with Crippen LogP contribution in [0.2, 0.25) is 0 Å². The highest BCUT2D eigenvalue weighted by atomic mass is 16.6. The van der Waals surface area contributed by atoms with Gasteiger partial charge in [0.1, 0.15) is 29.8 Å². The Morgan fingerprint density at radius 2 is 1.60 bits per heavy atom. The summed E-state index contributed by atoms with van der Waals surface area (Å²) in [6, 6.07) is 24.6. The summed E-state index contributed by atoms with van der Waals surface area (Å²) in [6.07, 6.45) is -0.249. The number of aliphatic hydroxyl groups is 1. The molecule has 1 aliphatic heterocycles. The first-order chi connectivity index (χ1) is 23.2. The van der Waals surface area contributed by atoms with E-state index >= 15 is 0 Å². The van der Waals surface area contributed by atoms with Crippen molar-refractivity contribution in [1.29, 1.82) is 0 Å². The molecule has 12 nitrogen and oxygen atoms in total. The number of hydrogen-bond donors (Lipinski definition) is 3. The van der Waals surface area contributed by atoms with E-state index in [2.05, 4.69) is 16.9 Å². The van der Waals surface area contributed by atoms with E-state index in [1.165, 1.54) is 23.8 Å². The maximum absolute atomic E-state index is 13.1. The lowest BCUT2D eigenvalue weighted by atomic mass is 9.80. The van der Waals surface area contributed by atoms with Gasteiger partial charge in [-0.3, -0.25) is 14.3 Å². The molecular weight excluding hydrogens is 618 g/mol. The molecule has 5 rings (SSSR count). The Balaban J connectivity index is 1.56. The molecule has 1 fully saturated rings. The summed E-state index contributed by atoms with van der Waals surface area (Å²) >= 11 is 0. The SMILES string of the molecule is C=CCOC(=O)NC[C@]1(n2cc(C)c(=O)[nH]c2=O)C[C@H](O)[C@@H](COC(c2ccccc2)(c2ccc(OC)cc2)c2ccc(OC)cc2)O1. The topological polar surface area (TPSA) is 150 Å². The number of hydrogen-bond acceptors (Lipinski definition) is 9. The van der Waals surface area contributed by atoms with Crippen molar-refractivity contribution < 1.29 is 33.6 Å². The standard InChI is InChI=1S/C36H39N3O9/c1-5-19-46-34(43)37-23-35(39-21-24(2)32(41)38-33(39)42)20-30(40)31(48-35)22-47-36(25-9-7-6-8-10-25,26-11-15-28(44-3)16-12-26)27-13-17-29(45-4)18-14-27/h5-18,21,30-31,40H,1,19-20,22-23H2,2-4H3,(H,37,43)(H,38,41,42)/t30-,31+,35-/m0/s1. The number of amides is 1. The van der Waals surface area contributed by atoms with Gasteiger partial charge in [-0.25, -0.2) is 9.59 Å². The molecule has 1 aliphatic rings. The Labute approximate surface area is 277 Å². The number of aryl methyl sites for hydroxylation is 1. The lowest BCUT2D eigenvalue weighted by molar-refractivity contribution is -0.139. The maximum atomic E-state index is 13.1. The average molecular weight is 658 g/mol. The number of aromatic amines is 1. The molecule has 0 spiro atoms. The molecule has 2 heterocycles. The summed E-state index contributed by atoms with van der Waals surface area (Å²) in [5, 5.41) is 14.1. The Kier molecular flexibility index (Phi) is 10.5. The van der Waals surface area contributed by atoms with E-state index < -0.39 is 40.9 Å². The van der Waals surface area contributed by atoms with E-state index in [9.17, 15) is 19.5 Å². The number of H-pyrrole nitrogens is 1. The number of nitrogens with zero attached hydrogens (tertiary/aromatic N) is 1. The number of rotatable bonds is 13. The predicted octanol–water partition coefficient (Wildman–Crippen LogP) is 3.59. The first-order valence-corrected chi connectivity index (χ1v) is 15.3. The fraction of sp³-hybridized carbons (Fsp3) is 0.306. The molecule has 12 heteroatoms. The third-order valence-corrected chi connectivity index (χ3v) is 8.37. The van der Waals surface area contributed by atoms with E-state index in [-0.39, 0.29) is 31.7 Å². The number of carbonyl (C=O) groups is 1. The van der Waals surface area contributed by atoms with E-state index in [0.29, 0.717) is 11.5 Å². The number of benzene rings is 3. The predicted molar refractivity (Wildman–Crippen MR) is 177 cm³/mol. The largest absolute Gasteiger partial charge is 0.497 e. The van der Waals surface area contributed by atoms with Crippen molar-refractivity contribution in [2.75, 3.05) is 34.0 Å². The minimum atomic E-state index is -1.59. The molecule has 48 heavy (non-hydrogen) atoms. The van der Waals surface area contributed by atoms with E-state index in [0.717, 1.165) is 16.7 Å². The van der Waals surface area contributed by atoms with Crippen molar-refractivity contribution >= 4 is 6.09 Å². The van der Waals surface area contributed by atoms with Crippen LogP contribution in [0.5, 0.6) is 11.5 Å². The lowest BCUT2D eigenvalue weighted by Crippen LogP contribution is -2.51. The van der Waals surface area contributed by atoms with E-state index in [1.54, 1.807) is 14.2 Å². The molecule has 1 amide bonds. The molecule has 3 N–H and O–H groups in total. The number of aromatic nitrogens is 2. The summed E-state index contributed by atoms with van der Waals surface area (Å²) in [5.74, 6) is 1.33. The maximum Gasteiger partial charge on any atom is 0.407 e. The molecule has 1 aromatic heterocycles. The van der Waals surface area contributed by atoms with Gasteiger partial charge in [-0.1, -0.05) is 67.3 Å². The molecule has 0 aliphatic carbocycles. The zero-order chi connectivity index (χ0) is 34.3. The van der Waals surface area contributed by atoms with E-state index in [4.69, 9.17) is 23.7 Å². The Bertz CT molecular complexity index is 1770. The smallest absolute Gasteiger partial charge is 0.407 e. The third-order valence-electron chi connectivity index (χ3n) is 8.37. The lowest BCUT2D eigenvalue weighted by Gasteiger charge is -2.37. The van der Waals surface area contributed by atoms with Gasteiger partial charge in [0.25, 0.3) is 5.56 Å². The van der Waals surface area contributed by atoms with Crippen molar-refractivity contribution in [2.24, 2.45) is 0 Å². The molecule has 0 unspecified atom stereocenters. The Morgan fingerprint density at radius 3 is 2.17 bits per heavy atom. The second-order valence-corrected chi connectivity index (χ2v) is 11.4. The summed E-state index contributed by atoms with van der Waals surface area (Å²) < 4.78 is 30.5. The van der Waals surface area contributed by atoms with Gasteiger partial charge in [-0.15, -0.1) is 0 Å². The first kappa shape index (κ1) is 34.2. The fourth-order valence-electron chi connectivity index (χ4n) is 5.91. The molecule has 4 aromatic rings. The second kappa shape index (κ2) is 14.7. The van der Waals surface area contributed by atoms with Crippen molar-refractivity contribution in [1.82, 2.24) is 14.9 Å². The fourth-order valence-corrected chi connectivity index (χ4v) is 5.91. The molecule has 0 saturated carbocycles. The highest BCUT2D eigenvalue weighted by molar-refractivity contribution is 5.67. The minimum absolute atomic E-state index is 0.0330. The highest BCUT2D eigenvalue weighted by Crippen LogP contribution is 2.43. The Hall–Kier alpha value is -5.17. The summed E-state index contributed by atoms with van der Waals surface area (Å²) in [4.78, 5) is 40.1. The molecule has 252 valence electrons. The quantitative estimate of drug-likeness (QED) is 0.145. The highest BCUT2D eigenvalue weighted by Gasteiger charge is 2.50. The van der Waals surface area contributed by atoms with Gasteiger partial charge in [-0.05, 0) is 47.9 Å². The molecular formula is C36H39N3O9. The number of alkyl carbamates (subject to hydrolysis) is 1. The van der Waals surface area contributed by atoms with Crippen molar-refractivity contribution in [3.63, 3.8) is 0 Å². The minimum Gasteiger partial charge on any atom is -0.497 e. The number of carbonyl (C=O) groups excluding carboxylic acids is 1. The number of nitrogens with one attached hydrogen (secondary N) is 2. The van der Waals surface area contributed by atoms with Gasteiger partial charge < -0.3 is 34.1 Å². The number of aliphatic hydroxyl groups excluding tert-OH is 1. The van der Waals surface area contributed by atoms with Crippen molar-refractivity contribution in [2.45, 2.75) is 36.9 Å². The van der Waals surface area contributed by atoms with Crippen LogP contribution in [-0.2, 0) is 25.5 Å². The van der Waals surface area contributed by atoms with Crippen LogP contribution < -0.4 is 26.0 Å². The van der Waals surface area contributed by atoms with Gasteiger partial charge in [0.15, 0.2) is 5.72 Å². The van der Waals surface area contributed by atoms with Crippen LogP contribution in [0.1, 0.15) is 28.7 Å². The van der Waals surface area contributed by atoms with Crippen LogP contribution in [-0.4, -0.2) is 66.9 Å². The van der Waals surface area contributed by atoms with Gasteiger partial charge in [0.05, 0.1) is 33.5 Å². The molecule has 3 aromatic carbocycles. The third kappa shape index (κ3) is 6.91. The van der Waals surface area contributed by atoms with Crippen molar-refractivity contribution in [3.8, 4) is 11.5 Å². The zero-order valence-corrected chi connectivity index (χ0v) is 27.0. The first-order valence-electron chi connectivity index (χ1n) is 15.3. The van der Waals surface area contributed by atoms with E-state index in [1.807, 2.05) is 78.9 Å². The molecule has 1 saturated heterocycles. The van der Waals surface area contributed by atoms with Gasteiger partial charge in [-0.2, -0.15) is 0 Å². The summed E-state index contributed by atoms with van der Waals surface area (Å²) in [7, 11) is 3.18. The van der Waals surface area contributed by atoms with Crippen LogP contribution in [0, 0.1) is 6.92 Å². The van der Waals surface area contributed by atoms with Crippen LogP contribution in [0.4, 0.5) is 4.79 Å². The van der Waals surface area contributed by atoms with Crippen LogP contribution in [0.25, 0.3) is 0 Å². The summed E-state index contributed by atoms with van der Waals surface area (Å²) in [5.41, 5.74) is -1.53. The second-order valence-electron chi connectivity index (χ2n) is 11.4. The van der Waals surface area contributed by atoms with Crippen LogP contribution >= 0.6 is 0 Å². The van der Waals surface area contributed by atoms with Crippen LogP contribution in [0.3, 0.4) is 0 Å². The van der Waals surface area contributed by atoms with Crippen LogP contribution in [0.15, 0.2) is 107 Å². The number of ether oxygens (including phenoxy) is 5.